The largest absolute Gasteiger partial charge is 0.324 e. The van der Waals surface area contributed by atoms with Gasteiger partial charge in [-0.25, -0.2) is 0 Å². The summed E-state index contributed by atoms with van der Waals surface area (Å²) in [5.74, 6) is 0.606. The SMILES string of the molecule is CC(C)c1ccc2c(c1)[C@H](N)CCC2. The van der Waals surface area contributed by atoms with Crippen molar-refractivity contribution >= 4 is 0 Å². The molecule has 76 valence electrons. The molecule has 1 nitrogen and oxygen atoms in total. The van der Waals surface area contributed by atoms with Gasteiger partial charge in [0.2, 0.25) is 0 Å². The standard InChI is InChI=1S/C13H19N/c1-9(2)11-7-6-10-4-3-5-13(14)12(10)8-11/h6-9,13H,3-5,14H2,1-2H3/t13-/m1/s1. The summed E-state index contributed by atoms with van der Waals surface area (Å²) in [6.45, 7) is 4.46. The Morgan fingerprint density at radius 2 is 2.14 bits per heavy atom. The van der Waals surface area contributed by atoms with Gasteiger partial charge in [0.25, 0.3) is 0 Å². The lowest BCUT2D eigenvalue weighted by molar-refractivity contribution is 0.569. The first-order valence-corrected chi connectivity index (χ1v) is 5.57. The lowest BCUT2D eigenvalue weighted by Gasteiger charge is -2.23. The molecule has 2 rings (SSSR count). The third-order valence-corrected chi connectivity index (χ3v) is 3.20. The molecule has 0 spiro atoms. The van der Waals surface area contributed by atoms with E-state index in [1.807, 2.05) is 0 Å². The minimum atomic E-state index is 0.275. The van der Waals surface area contributed by atoms with E-state index in [1.165, 1.54) is 29.5 Å². The average molecular weight is 189 g/mol. The van der Waals surface area contributed by atoms with Crippen LogP contribution in [0.5, 0.6) is 0 Å². The second-order valence-electron chi connectivity index (χ2n) is 4.61. The maximum absolute atomic E-state index is 6.12. The smallest absolute Gasteiger partial charge is 0.0297 e. The maximum Gasteiger partial charge on any atom is 0.0297 e. The number of aryl methyl sites for hydroxylation is 1. The van der Waals surface area contributed by atoms with E-state index < -0.39 is 0 Å². The minimum Gasteiger partial charge on any atom is -0.324 e. The van der Waals surface area contributed by atoms with Crippen LogP contribution in [0.4, 0.5) is 0 Å². The minimum absolute atomic E-state index is 0.275. The van der Waals surface area contributed by atoms with Gasteiger partial charge in [-0.3, -0.25) is 0 Å². The molecule has 0 bridgehead atoms. The third kappa shape index (κ3) is 1.69. The van der Waals surface area contributed by atoms with Gasteiger partial charge in [-0.15, -0.1) is 0 Å². The topological polar surface area (TPSA) is 26.0 Å². The van der Waals surface area contributed by atoms with Gasteiger partial charge in [-0.2, -0.15) is 0 Å². The molecule has 0 heterocycles. The molecule has 0 amide bonds. The Kier molecular flexibility index (Phi) is 2.60. The van der Waals surface area contributed by atoms with E-state index >= 15 is 0 Å². The Morgan fingerprint density at radius 1 is 1.36 bits per heavy atom. The molecule has 0 fully saturated rings. The fourth-order valence-electron chi connectivity index (χ4n) is 2.21. The zero-order chi connectivity index (χ0) is 10.1. The molecular weight excluding hydrogens is 170 g/mol. The Balaban J connectivity index is 2.41. The van der Waals surface area contributed by atoms with Crippen LogP contribution < -0.4 is 5.73 Å². The van der Waals surface area contributed by atoms with Crippen LogP contribution in [0.25, 0.3) is 0 Å². The van der Waals surface area contributed by atoms with Crippen molar-refractivity contribution in [2.24, 2.45) is 5.73 Å². The van der Waals surface area contributed by atoms with Crippen LogP contribution in [-0.2, 0) is 6.42 Å². The second-order valence-corrected chi connectivity index (χ2v) is 4.61. The normalized spacial score (nSPS) is 21.0. The predicted molar refractivity (Wildman–Crippen MR) is 60.4 cm³/mol. The van der Waals surface area contributed by atoms with Gasteiger partial charge in [-0.1, -0.05) is 32.0 Å². The molecular formula is C13H19N. The van der Waals surface area contributed by atoms with Crippen LogP contribution in [0.3, 0.4) is 0 Å². The molecule has 2 N–H and O–H groups in total. The molecule has 0 radical (unpaired) electrons. The van der Waals surface area contributed by atoms with Gasteiger partial charge >= 0.3 is 0 Å². The van der Waals surface area contributed by atoms with Crippen molar-refractivity contribution in [3.05, 3.63) is 34.9 Å². The first kappa shape index (κ1) is 9.72. The summed E-state index contributed by atoms with van der Waals surface area (Å²) >= 11 is 0. The molecule has 0 aliphatic heterocycles. The average Bonchev–Trinajstić information content (AvgIpc) is 2.18. The van der Waals surface area contributed by atoms with E-state index in [4.69, 9.17) is 5.73 Å². The van der Waals surface area contributed by atoms with E-state index in [2.05, 4.69) is 32.0 Å². The molecule has 0 unspecified atom stereocenters. The summed E-state index contributed by atoms with van der Waals surface area (Å²) in [5, 5.41) is 0. The summed E-state index contributed by atoms with van der Waals surface area (Å²) in [5.41, 5.74) is 10.4. The van der Waals surface area contributed by atoms with Crippen LogP contribution in [-0.4, -0.2) is 0 Å². The monoisotopic (exact) mass is 189 g/mol. The molecule has 1 aromatic rings. The summed E-state index contributed by atoms with van der Waals surface area (Å²) in [6, 6.07) is 7.10. The van der Waals surface area contributed by atoms with Crippen molar-refractivity contribution in [1.82, 2.24) is 0 Å². The van der Waals surface area contributed by atoms with Gasteiger partial charge in [-0.05, 0) is 41.9 Å². The first-order valence-electron chi connectivity index (χ1n) is 5.57. The van der Waals surface area contributed by atoms with Gasteiger partial charge < -0.3 is 5.73 Å². The Hall–Kier alpha value is -0.820. The summed E-state index contributed by atoms with van der Waals surface area (Å²) in [4.78, 5) is 0. The highest BCUT2D eigenvalue weighted by atomic mass is 14.6. The Labute approximate surface area is 86.3 Å². The fourth-order valence-corrected chi connectivity index (χ4v) is 2.21. The fraction of sp³-hybridized carbons (Fsp3) is 0.538. The molecule has 1 heteroatoms. The third-order valence-electron chi connectivity index (χ3n) is 3.20. The molecule has 14 heavy (non-hydrogen) atoms. The Bertz CT molecular complexity index is 328. The van der Waals surface area contributed by atoms with Gasteiger partial charge in [0.15, 0.2) is 0 Å². The van der Waals surface area contributed by atoms with Crippen molar-refractivity contribution in [3.8, 4) is 0 Å². The van der Waals surface area contributed by atoms with Crippen molar-refractivity contribution in [3.63, 3.8) is 0 Å². The van der Waals surface area contributed by atoms with Crippen LogP contribution in [0, 0.1) is 0 Å². The second kappa shape index (κ2) is 3.74. The van der Waals surface area contributed by atoms with E-state index in [9.17, 15) is 0 Å². The number of rotatable bonds is 1. The van der Waals surface area contributed by atoms with Gasteiger partial charge in [0.05, 0.1) is 0 Å². The van der Waals surface area contributed by atoms with Crippen molar-refractivity contribution < 1.29 is 0 Å². The highest BCUT2D eigenvalue weighted by Gasteiger charge is 2.17. The number of benzene rings is 1. The molecule has 0 saturated carbocycles. The highest BCUT2D eigenvalue weighted by Crippen LogP contribution is 2.30. The van der Waals surface area contributed by atoms with Crippen LogP contribution >= 0.6 is 0 Å². The van der Waals surface area contributed by atoms with Crippen molar-refractivity contribution in [2.75, 3.05) is 0 Å². The molecule has 0 saturated heterocycles. The molecule has 1 aliphatic rings. The van der Waals surface area contributed by atoms with Crippen LogP contribution in [0.15, 0.2) is 18.2 Å². The Morgan fingerprint density at radius 3 is 2.86 bits per heavy atom. The van der Waals surface area contributed by atoms with Crippen LogP contribution in [0.2, 0.25) is 0 Å². The predicted octanol–water partition coefficient (Wildman–Crippen LogP) is 3.15. The van der Waals surface area contributed by atoms with E-state index in [0.29, 0.717) is 5.92 Å². The zero-order valence-electron chi connectivity index (χ0n) is 9.09. The lowest BCUT2D eigenvalue weighted by atomic mass is 9.85. The summed E-state index contributed by atoms with van der Waals surface area (Å²) in [7, 11) is 0. The zero-order valence-corrected chi connectivity index (χ0v) is 9.09. The van der Waals surface area contributed by atoms with E-state index in [-0.39, 0.29) is 6.04 Å². The summed E-state index contributed by atoms with van der Waals surface area (Å²) in [6.07, 6.45) is 3.60. The number of fused-ring (bicyclic) bond motifs is 1. The first-order chi connectivity index (χ1) is 6.68. The number of hydrogen-bond acceptors (Lipinski definition) is 1. The lowest BCUT2D eigenvalue weighted by Crippen LogP contribution is -2.17. The molecule has 1 atom stereocenters. The van der Waals surface area contributed by atoms with Crippen LogP contribution in [0.1, 0.15) is 55.3 Å². The molecule has 0 aromatic heterocycles. The summed E-state index contributed by atoms with van der Waals surface area (Å²) < 4.78 is 0. The van der Waals surface area contributed by atoms with Gasteiger partial charge in [0.1, 0.15) is 0 Å². The number of hydrogen-bond donors (Lipinski definition) is 1. The number of nitrogens with two attached hydrogens (primary N) is 1. The molecule has 1 aromatic carbocycles. The van der Waals surface area contributed by atoms with E-state index in [1.54, 1.807) is 0 Å². The maximum atomic E-state index is 6.12. The molecule has 1 aliphatic carbocycles. The van der Waals surface area contributed by atoms with Crippen molar-refractivity contribution in [2.45, 2.75) is 45.1 Å². The van der Waals surface area contributed by atoms with Gasteiger partial charge in [0, 0.05) is 6.04 Å². The quantitative estimate of drug-likeness (QED) is 0.721. The highest BCUT2D eigenvalue weighted by molar-refractivity contribution is 5.37. The van der Waals surface area contributed by atoms with E-state index in [0.717, 1.165) is 6.42 Å². The van der Waals surface area contributed by atoms with Crippen molar-refractivity contribution in [1.29, 1.82) is 0 Å².